The summed E-state index contributed by atoms with van der Waals surface area (Å²) in [5.74, 6) is -0.452. The molecule has 0 spiro atoms. The predicted molar refractivity (Wildman–Crippen MR) is 96.2 cm³/mol. The number of carbonyl (C=O) groups is 1. The summed E-state index contributed by atoms with van der Waals surface area (Å²) in [5, 5.41) is 4.08. The Labute approximate surface area is 154 Å². The van der Waals surface area contributed by atoms with Crippen LogP contribution in [-0.4, -0.2) is 37.1 Å². The Morgan fingerprint density at radius 3 is 2.12 bits per heavy atom. The molecule has 0 radical (unpaired) electrons. The second-order valence-corrected chi connectivity index (χ2v) is 10.2. The van der Waals surface area contributed by atoms with E-state index >= 15 is 0 Å². The van der Waals surface area contributed by atoms with Crippen molar-refractivity contribution < 1.29 is 21.6 Å². The summed E-state index contributed by atoms with van der Waals surface area (Å²) < 4.78 is 50.6. The zero-order valence-electron chi connectivity index (χ0n) is 13.9. The van der Waals surface area contributed by atoms with E-state index in [-0.39, 0.29) is 30.3 Å². The van der Waals surface area contributed by atoms with Crippen LogP contribution in [0.5, 0.6) is 0 Å². The topological polar surface area (TPSA) is 126 Å². The zero-order chi connectivity index (χ0) is 19.3. The van der Waals surface area contributed by atoms with E-state index in [1.807, 2.05) is 0 Å². The van der Waals surface area contributed by atoms with Gasteiger partial charge in [0.15, 0.2) is 11.6 Å². The molecule has 138 valence electrons. The number of benzene rings is 1. The minimum Gasteiger partial charge on any atom is -0.294 e. The Balaban J connectivity index is 1.98. The van der Waals surface area contributed by atoms with Crippen molar-refractivity contribution in [2.75, 3.05) is 5.43 Å². The van der Waals surface area contributed by atoms with Gasteiger partial charge < -0.3 is 0 Å². The molecular formula is C14H14N4O5S3. The quantitative estimate of drug-likeness (QED) is 0.351. The first-order valence-corrected chi connectivity index (χ1v) is 10.9. The fraction of sp³-hybridized carbons (Fsp3) is 0.214. The highest BCUT2D eigenvalue weighted by atomic mass is 32.3. The molecule has 2 heterocycles. The van der Waals surface area contributed by atoms with Crippen molar-refractivity contribution in [1.82, 2.24) is 8.69 Å². The SMILES string of the molecule is CC(=O)c1sc(N/N=C(\C)N2S(=O)(=O)c3ccccc3S2(=O)=O)nc1C. The van der Waals surface area contributed by atoms with Crippen LogP contribution in [0, 0.1) is 6.92 Å². The number of hydrogen-bond acceptors (Lipinski definition) is 9. The molecule has 0 aliphatic carbocycles. The molecular weight excluding hydrogens is 400 g/mol. The Bertz CT molecular complexity index is 1100. The molecule has 0 atom stereocenters. The van der Waals surface area contributed by atoms with E-state index in [0.29, 0.717) is 10.6 Å². The monoisotopic (exact) mass is 414 g/mol. The summed E-state index contributed by atoms with van der Waals surface area (Å²) in [7, 11) is -8.54. The van der Waals surface area contributed by atoms with Gasteiger partial charge in [0.2, 0.25) is 5.13 Å². The van der Waals surface area contributed by atoms with Crippen molar-refractivity contribution in [1.29, 1.82) is 0 Å². The molecule has 0 bridgehead atoms. The third-order valence-corrected chi connectivity index (χ3v) is 9.23. The van der Waals surface area contributed by atoms with Gasteiger partial charge in [-0.15, -0.1) is 3.71 Å². The van der Waals surface area contributed by atoms with E-state index in [4.69, 9.17) is 0 Å². The largest absolute Gasteiger partial charge is 0.294 e. The molecule has 3 rings (SSSR count). The van der Waals surface area contributed by atoms with Crippen LogP contribution in [0.15, 0.2) is 39.2 Å². The van der Waals surface area contributed by atoms with Gasteiger partial charge in [-0.05, 0) is 26.0 Å². The van der Waals surface area contributed by atoms with E-state index in [9.17, 15) is 21.6 Å². The molecule has 1 aliphatic heterocycles. The van der Waals surface area contributed by atoms with Crippen LogP contribution in [0.2, 0.25) is 0 Å². The average Bonchev–Trinajstić information content (AvgIpc) is 3.00. The number of amidine groups is 1. The zero-order valence-corrected chi connectivity index (χ0v) is 16.4. The number of hydrogen-bond donors (Lipinski definition) is 1. The number of anilines is 1. The normalized spacial score (nSPS) is 17.8. The van der Waals surface area contributed by atoms with Gasteiger partial charge in [0.25, 0.3) is 20.0 Å². The number of fused-ring (bicyclic) bond motifs is 1. The molecule has 12 heteroatoms. The van der Waals surface area contributed by atoms with Gasteiger partial charge in [0.05, 0.1) is 10.6 Å². The van der Waals surface area contributed by atoms with E-state index in [1.165, 1.54) is 38.1 Å². The smallest absolute Gasteiger partial charge is 0.280 e. The maximum atomic E-state index is 12.6. The number of ketones is 1. The van der Waals surface area contributed by atoms with Gasteiger partial charge in [0.1, 0.15) is 9.79 Å². The second-order valence-electron chi connectivity index (χ2n) is 5.41. The fourth-order valence-electron chi connectivity index (χ4n) is 2.47. The first kappa shape index (κ1) is 18.5. The molecule has 0 saturated carbocycles. The van der Waals surface area contributed by atoms with Crippen LogP contribution in [-0.2, 0) is 20.0 Å². The number of Topliss-reactive ketones (excluding diaryl/α,β-unsaturated/α-hetero) is 1. The van der Waals surface area contributed by atoms with Gasteiger partial charge in [-0.1, -0.05) is 23.5 Å². The highest BCUT2D eigenvalue weighted by Crippen LogP contribution is 2.36. The summed E-state index contributed by atoms with van der Waals surface area (Å²) >= 11 is 1.04. The van der Waals surface area contributed by atoms with Crippen LogP contribution in [0.4, 0.5) is 5.13 Å². The maximum Gasteiger partial charge on any atom is 0.280 e. The van der Waals surface area contributed by atoms with E-state index in [0.717, 1.165) is 11.3 Å². The molecule has 0 saturated heterocycles. The highest BCUT2D eigenvalue weighted by Gasteiger charge is 2.47. The standard InChI is InChI=1S/C14H14N4O5S3/c1-8-13(9(2)19)24-14(15-8)17-16-10(3)18-25(20,21)11-6-4-5-7-12(11)26(18,22)23/h4-7H,1-3H3,(H,15,17)/b16-10+. The maximum absolute atomic E-state index is 12.6. The van der Waals surface area contributed by atoms with Crippen LogP contribution in [0.3, 0.4) is 0 Å². The van der Waals surface area contributed by atoms with E-state index in [2.05, 4.69) is 15.5 Å². The van der Waals surface area contributed by atoms with Crippen molar-refractivity contribution in [3.05, 3.63) is 34.8 Å². The predicted octanol–water partition coefficient (Wildman–Crippen LogP) is 1.79. The third-order valence-electron chi connectivity index (χ3n) is 3.54. The number of carbonyl (C=O) groups excluding carboxylic acids is 1. The number of aromatic nitrogens is 1. The number of hydrazone groups is 1. The number of thiazole rings is 1. The first-order valence-electron chi connectivity index (χ1n) is 7.25. The minimum absolute atomic E-state index is 0.158. The van der Waals surface area contributed by atoms with Crippen LogP contribution >= 0.6 is 11.3 Å². The second kappa shape index (κ2) is 6.14. The molecule has 26 heavy (non-hydrogen) atoms. The molecule has 1 aromatic carbocycles. The number of nitrogens with zero attached hydrogens (tertiary/aromatic N) is 3. The van der Waals surface area contributed by atoms with Gasteiger partial charge in [-0.25, -0.2) is 4.98 Å². The minimum atomic E-state index is -4.27. The molecule has 0 amide bonds. The Kier molecular flexibility index (Phi) is 4.37. The summed E-state index contributed by atoms with van der Waals surface area (Å²) in [6.45, 7) is 4.31. The van der Waals surface area contributed by atoms with Crippen LogP contribution in [0.25, 0.3) is 0 Å². The number of nitrogens with one attached hydrogen (secondary N) is 1. The molecule has 1 aromatic heterocycles. The Hall–Kier alpha value is -2.31. The van der Waals surface area contributed by atoms with Crippen molar-refractivity contribution in [3.63, 3.8) is 0 Å². The van der Waals surface area contributed by atoms with Crippen LogP contribution in [0.1, 0.15) is 29.2 Å². The lowest BCUT2D eigenvalue weighted by Crippen LogP contribution is -2.35. The average molecular weight is 414 g/mol. The number of rotatable bonds is 3. The number of aryl methyl sites for hydroxylation is 1. The number of sulfonamides is 2. The van der Waals surface area contributed by atoms with Crippen molar-refractivity contribution in [2.24, 2.45) is 5.10 Å². The van der Waals surface area contributed by atoms with Crippen molar-refractivity contribution >= 4 is 48.1 Å². The van der Waals surface area contributed by atoms with Gasteiger partial charge in [-0.2, -0.15) is 21.9 Å². The van der Waals surface area contributed by atoms with Gasteiger partial charge >= 0.3 is 0 Å². The van der Waals surface area contributed by atoms with E-state index < -0.39 is 20.0 Å². The van der Waals surface area contributed by atoms with Crippen molar-refractivity contribution in [2.45, 2.75) is 30.6 Å². The molecule has 9 nitrogen and oxygen atoms in total. The molecule has 0 unspecified atom stereocenters. The van der Waals surface area contributed by atoms with Crippen molar-refractivity contribution in [3.8, 4) is 0 Å². The first-order chi connectivity index (χ1) is 12.1. The lowest BCUT2D eigenvalue weighted by molar-refractivity contribution is 0.102. The van der Waals surface area contributed by atoms with Gasteiger partial charge in [0, 0.05) is 6.92 Å². The lowest BCUT2D eigenvalue weighted by Gasteiger charge is -2.14. The van der Waals surface area contributed by atoms with E-state index in [1.54, 1.807) is 6.92 Å². The summed E-state index contributed by atoms with van der Waals surface area (Å²) in [6, 6.07) is 5.35. The lowest BCUT2D eigenvalue weighted by atomic mass is 10.3. The van der Waals surface area contributed by atoms with Gasteiger partial charge in [-0.3, -0.25) is 10.2 Å². The van der Waals surface area contributed by atoms with Crippen LogP contribution < -0.4 is 5.43 Å². The third kappa shape index (κ3) is 2.79. The highest BCUT2D eigenvalue weighted by molar-refractivity contribution is 8.07. The fourth-order valence-corrected chi connectivity index (χ4v) is 7.70. The summed E-state index contributed by atoms with van der Waals surface area (Å²) in [4.78, 5) is 15.4. The summed E-state index contributed by atoms with van der Waals surface area (Å²) in [6.07, 6.45) is 0. The Morgan fingerprint density at radius 2 is 1.65 bits per heavy atom. The molecule has 0 fully saturated rings. The molecule has 1 N–H and O–H groups in total. The molecule has 2 aromatic rings. The summed E-state index contributed by atoms with van der Waals surface area (Å²) in [5.41, 5.74) is 3.02. The Morgan fingerprint density at radius 1 is 1.12 bits per heavy atom. The molecule has 1 aliphatic rings.